The molecule has 3 heterocycles. The summed E-state index contributed by atoms with van der Waals surface area (Å²) in [6.45, 7) is 2.05. The van der Waals surface area contributed by atoms with E-state index < -0.39 is 0 Å². The lowest BCUT2D eigenvalue weighted by atomic mass is 10.0. The van der Waals surface area contributed by atoms with Crippen molar-refractivity contribution < 1.29 is 4.42 Å². The van der Waals surface area contributed by atoms with E-state index in [0.29, 0.717) is 10.1 Å². The maximum atomic E-state index is 6.43. The molecule has 0 radical (unpaired) electrons. The molecular weight excluding hydrogens is 506 g/mol. The van der Waals surface area contributed by atoms with Gasteiger partial charge in [0.1, 0.15) is 17.6 Å². The highest BCUT2D eigenvalue weighted by atomic mass is 79.9. The van der Waals surface area contributed by atoms with Crippen molar-refractivity contribution in [2.45, 2.75) is 19.0 Å². The summed E-state index contributed by atoms with van der Waals surface area (Å²) in [6.07, 6.45) is 1.79. The number of hydrogen-bond donors (Lipinski definition) is 1. The minimum absolute atomic E-state index is 0.160. The molecule has 0 aliphatic carbocycles. The molecule has 1 N–H and O–H groups in total. The van der Waals surface area contributed by atoms with Crippen LogP contribution in [0.5, 0.6) is 0 Å². The number of thiocarbonyl (C=S) groups is 1. The van der Waals surface area contributed by atoms with Crippen LogP contribution in [0.15, 0.2) is 87.9 Å². The number of benzene rings is 2. The SMILES string of the molecule is Cc1ccc(Cl)cc1-c1ccc([C@@H]2[C@H](c3ccccn3)NC(=S)N2c2ccc(Br)cc2)o1. The van der Waals surface area contributed by atoms with Crippen LogP contribution in [0.25, 0.3) is 11.3 Å². The molecule has 2 aromatic heterocycles. The topological polar surface area (TPSA) is 41.3 Å². The molecule has 4 nitrogen and oxygen atoms in total. The first-order chi connectivity index (χ1) is 15.5. The zero-order valence-corrected chi connectivity index (χ0v) is 20.3. The van der Waals surface area contributed by atoms with E-state index in [0.717, 1.165) is 38.5 Å². The van der Waals surface area contributed by atoms with E-state index in [4.69, 9.17) is 28.2 Å². The fourth-order valence-corrected chi connectivity index (χ4v) is 4.82. The van der Waals surface area contributed by atoms with Crippen molar-refractivity contribution in [1.29, 1.82) is 0 Å². The fraction of sp³-hybridized carbons (Fsp3) is 0.120. The van der Waals surface area contributed by atoms with Crippen LogP contribution >= 0.6 is 39.7 Å². The number of hydrogen-bond acceptors (Lipinski definition) is 3. The van der Waals surface area contributed by atoms with Crippen LogP contribution in [0, 0.1) is 6.92 Å². The van der Waals surface area contributed by atoms with Gasteiger partial charge in [-0.25, -0.2) is 0 Å². The molecule has 0 unspecified atom stereocenters. The van der Waals surface area contributed by atoms with Crippen LogP contribution in [0.1, 0.15) is 29.1 Å². The van der Waals surface area contributed by atoms with Crippen LogP contribution in [-0.4, -0.2) is 10.1 Å². The summed E-state index contributed by atoms with van der Waals surface area (Å²) in [5, 5.41) is 4.76. The van der Waals surface area contributed by atoms with Gasteiger partial charge in [0, 0.05) is 26.9 Å². The molecule has 2 atom stereocenters. The smallest absolute Gasteiger partial charge is 0.174 e. The number of aromatic nitrogens is 1. The predicted molar refractivity (Wildman–Crippen MR) is 136 cm³/mol. The molecule has 5 rings (SSSR count). The third-order valence-electron chi connectivity index (χ3n) is 5.59. The van der Waals surface area contributed by atoms with Crippen LogP contribution in [0.4, 0.5) is 5.69 Å². The number of nitrogens with one attached hydrogen (secondary N) is 1. The Bertz CT molecular complexity index is 1280. The summed E-state index contributed by atoms with van der Waals surface area (Å²) in [7, 11) is 0. The third kappa shape index (κ3) is 3.94. The van der Waals surface area contributed by atoms with E-state index in [-0.39, 0.29) is 12.1 Å². The van der Waals surface area contributed by atoms with Crippen molar-refractivity contribution in [2.75, 3.05) is 4.90 Å². The number of nitrogens with zero attached hydrogens (tertiary/aromatic N) is 2. The number of pyridine rings is 1. The first-order valence-electron chi connectivity index (χ1n) is 10.1. The lowest BCUT2D eigenvalue weighted by Gasteiger charge is -2.26. The summed E-state index contributed by atoms with van der Waals surface area (Å²) in [6, 6.07) is 23.4. The molecule has 0 amide bonds. The fourth-order valence-electron chi connectivity index (χ4n) is 4.04. The van der Waals surface area contributed by atoms with Gasteiger partial charge in [0.15, 0.2) is 5.11 Å². The second kappa shape index (κ2) is 8.70. The molecule has 2 aromatic carbocycles. The van der Waals surface area contributed by atoms with Crippen LogP contribution < -0.4 is 10.2 Å². The number of rotatable bonds is 4. The Hall–Kier alpha value is -2.67. The Morgan fingerprint density at radius 2 is 1.88 bits per heavy atom. The molecule has 1 saturated heterocycles. The zero-order valence-electron chi connectivity index (χ0n) is 17.1. The Morgan fingerprint density at radius 3 is 2.62 bits per heavy atom. The molecule has 1 fully saturated rings. The van der Waals surface area contributed by atoms with Gasteiger partial charge in [-0.05, 0) is 85.4 Å². The molecule has 160 valence electrons. The number of anilines is 1. The van der Waals surface area contributed by atoms with Gasteiger partial charge in [-0.15, -0.1) is 0 Å². The van der Waals surface area contributed by atoms with Crippen molar-refractivity contribution >= 4 is 50.5 Å². The van der Waals surface area contributed by atoms with Gasteiger partial charge in [-0.1, -0.05) is 39.7 Å². The molecule has 7 heteroatoms. The number of halogens is 2. The summed E-state index contributed by atoms with van der Waals surface area (Å²) in [5.74, 6) is 1.57. The van der Waals surface area contributed by atoms with Crippen molar-refractivity contribution in [3.63, 3.8) is 0 Å². The summed E-state index contributed by atoms with van der Waals surface area (Å²) < 4.78 is 7.44. The van der Waals surface area contributed by atoms with Crippen LogP contribution in [-0.2, 0) is 0 Å². The average molecular weight is 525 g/mol. The van der Waals surface area contributed by atoms with E-state index in [1.807, 2.05) is 79.7 Å². The van der Waals surface area contributed by atoms with E-state index in [1.54, 1.807) is 6.20 Å². The highest BCUT2D eigenvalue weighted by Crippen LogP contribution is 2.43. The molecule has 4 aromatic rings. The Kier molecular flexibility index (Phi) is 5.76. The quantitative estimate of drug-likeness (QED) is 0.285. The van der Waals surface area contributed by atoms with Gasteiger partial charge in [0.05, 0.1) is 11.7 Å². The third-order valence-corrected chi connectivity index (χ3v) is 6.66. The minimum Gasteiger partial charge on any atom is -0.459 e. The molecule has 1 aliphatic rings. The zero-order chi connectivity index (χ0) is 22.2. The van der Waals surface area contributed by atoms with Gasteiger partial charge in [0.2, 0.25) is 0 Å². The average Bonchev–Trinajstić information content (AvgIpc) is 3.41. The van der Waals surface area contributed by atoms with Crippen molar-refractivity contribution in [3.05, 3.63) is 106 Å². The Morgan fingerprint density at radius 1 is 1.06 bits per heavy atom. The van der Waals surface area contributed by atoms with Crippen molar-refractivity contribution in [1.82, 2.24) is 10.3 Å². The first kappa shape index (κ1) is 21.2. The summed E-state index contributed by atoms with van der Waals surface area (Å²) >= 11 is 15.5. The van der Waals surface area contributed by atoms with Gasteiger partial charge in [-0.2, -0.15) is 0 Å². The number of furan rings is 1. The molecular formula is C25H19BrClN3OS. The van der Waals surface area contributed by atoms with Crippen molar-refractivity contribution in [3.8, 4) is 11.3 Å². The normalized spacial score (nSPS) is 18.1. The van der Waals surface area contributed by atoms with Crippen molar-refractivity contribution in [2.24, 2.45) is 0 Å². The lowest BCUT2D eigenvalue weighted by Crippen LogP contribution is -2.29. The van der Waals surface area contributed by atoms with E-state index in [2.05, 4.69) is 31.1 Å². The largest absolute Gasteiger partial charge is 0.459 e. The number of aryl methyl sites for hydroxylation is 1. The lowest BCUT2D eigenvalue weighted by molar-refractivity contribution is 0.439. The van der Waals surface area contributed by atoms with Gasteiger partial charge >= 0.3 is 0 Å². The molecule has 0 saturated carbocycles. The highest BCUT2D eigenvalue weighted by Gasteiger charge is 2.42. The van der Waals surface area contributed by atoms with E-state index in [9.17, 15) is 0 Å². The maximum Gasteiger partial charge on any atom is 0.174 e. The predicted octanol–water partition coefficient (Wildman–Crippen LogP) is 7.24. The molecule has 0 spiro atoms. The molecule has 1 aliphatic heterocycles. The van der Waals surface area contributed by atoms with Gasteiger partial charge in [-0.3, -0.25) is 4.98 Å². The Labute approximate surface area is 205 Å². The standard InChI is InChI=1S/C25H19BrClN3OS/c1-15-5-8-17(27)14-19(15)21-11-12-22(31-21)24-23(20-4-2-3-13-28-20)29-25(32)30(24)18-9-6-16(26)7-10-18/h2-14,23-24H,1H3,(H,29,32)/t23-,24+/m0/s1. The monoisotopic (exact) mass is 523 g/mol. The van der Waals surface area contributed by atoms with Gasteiger partial charge in [0.25, 0.3) is 0 Å². The molecule has 32 heavy (non-hydrogen) atoms. The first-order valence-corrected chi connectivity index (χ1v) is 11.7. The minimum atomic E-state index is -0.202. The second-order valence-electron chi connectivity index (χ2n) is 7.63. The second-order valence-corrected chi connectivity index (χ2v) is 9.37. The highest BCUT2D eigenvalue weighted by molar-refractivity contribution is 9.10. The maximum absolute atomic E-state index is 6.43. The molecule has 0 bridgehead atoms. The van der Waals surface area contributed by atoms with Crippen LogP contribution in [0.2, 0.25) is 5.02 Å². The van der Waals surface area contributed by atoms with E-state index in [1.165, 1.54) is 0 Å². The summed E-state index contributed by atoms with van der Waals surface area (Å²) in [4.78, 5) is 6.68. The van der Waals surface area contributed by atoms with E-state index >= 15 is 0 Å². The van der Waals surface area contributed by atoms with Gasteiger partial charge < -0.3 is 14.6 Å². The Balaban J connectivity index is 1.61. The summed E-state index contributed by atoms with van der Waals surface area (Å²) in [5.41, 5.74) is 3.95. The van der Waals surface area contributed by atoms with Crippen LogP contribution in [0.3, 0.4) is 0 Å².